The SMILES string of the molecule is CCc1csc(NC2CCCc3sccc32)n1. The molecule has 0 spiro atoms. The third-order valence-corrected chi connectivity index (χ3v) is 5.08. The van der Waals surface area contributed by atoms with Crippen LogP contribution in [-0.4, -0.2) is 4.98 Å². The molecule has 1 N–H and O–H groups in total. The average molecular weight is 264 g/mol. The summed E-state index contributed by atoms with van der Waals surface area (Å²) in [5.74, 6) is 0. The molecular formula is C13H16N2S2. The molecule has 1 atom stereocenters. The average Bonchev–Trinajstić information content (AvgIpc) is 2.97. The highest BCUT2D eigenvalue weighted by atomic mass is 32.1. The number of thiazole rings is 1. The summed E-state index contributed by atoms with van der Waals surface area (Å²) >= 11 is 3.62. The minimum absolute atomic E-state index is 0.473. The van der Waals surface area contributed by atoms with Crippen molar-refractivity contribution >= 4 is 27.8 Å². The standard InChI is InChI=1S/C13H16N2S2/c1-2-9-8-17-13(14-9)15-11-4-3-5-12-10(11)6-7-16-12/h6-8,11H,2-5H2,1H3,(H,14,15). The summed E-state index contributed by atoms with van der Waals surface area (Å²) in [4.78, 5) is 6.15. The summed E-state index contributed by atoms with van der Waals surface area (Å²) in [6, 6.07) is 2.74. The quantitative estimate of drug-likeness (QED) is 0.896. The van der Waals surface area contributed by atoms with Crippen LogP contribution in [0.25, 0.3) is 0 Å². The number of fused-ring (bicyclic) bond motifs is 1. The molecule has 0 aromatic carbocycles. The molecule has 4 heteroatoms. The second kappa shape index (κ2) is 4.78. The molecule has 0 saturated heterocycles. The molecule has 0 radical (unpaired) electrons. The largest absolute Gasteiger partial charge is 0.355 e. The summed E-state index contributed by atoms with van der Waals surface area (Å²) in [7, 11) is 0. The Hall–Kier alpha value is -0.870. The molecule has 0 aliphatic heterocycles. The molecule has 17 heavy (non-hydrogen) atoms. The number of aryl methyl sites for hydroxylation is 2. The van der Waals surface area contributed by atoms with Gasteiger partial charge in [-0.3, -0.25) is 0 Å². The van der Waals surface area contributed by atoms with Gasteiger partial charge < -0.3 is 5.32 Å². The molecule has 0 amide bonds. The second-order valence-electron chi connectivity index (χ2n) is 4.39. The normalized spacial score (nSPS) is 19.0. The zero-order valence-electron chi connectivity index (χ0n) is 9.90. The summed E-state index contributed by atoms with van der Waals surface area (Å²) < 4.78 is 0. The predicted molar refractivity (Wildman–Crippen MR) is 75.1 cm³/mol. The summed E-state index contributed by atoms with van der Waals surface area (Å²) in [6.07, 6.45) is 4.79. The van der Waals surface area contributed by atoms with Crippen molar-refractivity contribution in [1.29, 1.82) is 0 Å². The van der Waals surface area contributed by atoms with Crippen molar-refractivity contribution in [1.82, 2.24) is 4.98 Å². The van der Waals surface area contributed by atoms with Gasteiger partial charge in [0, 0.05) is 10.3 Å². The van der Waals surface area contributed by atoms with Crippen LogP contribution in [0, 0.1) is 0 Å². The maximum Gasteiger partial charge on any atom is 0.183 e. The zero-order chi connectivity index (χ0) is 11.7. The Morgan fingerprint density at radius 2 is 2.41 bits per heavy atom. The lowest BCUT2D eigenvalue weighted by Crippen LogP contribution is -2.15. The molecule has 2 aromatic heterocycles. The van der Waals surface area contributed by atoms with Gasteiger partial charge in [-0.25, -0.2) is 4.98 Å². The van der Waals surface area contributed by atoms with E-state index in [1.54, 1.807) is 16.2 Å². The molecule has 2 heterocycles. The van der Waals surface area contributed by atoms with Crippen molar-refractivity contribution in [3.8, 4) is 0 Å². The Morgan fingerprint density at radius 3 is 3.24 bits per heavy atom. The van der Waals surface area contributed by atoms with Crippen molar-refractivity contribution < 1.29 is 0 Å². The number of nitrogens with zero attached hydrogens (tertiary/aromatic N) is 1. The summed E-state index contributed by atoms with van der Waals surface area (Å²) in [6.45, 7) is 2.15. The van der Waals surface area contributed by atoms with Crippen LogP contribution >= 0.6 is 22.7 Å². The fourth-order valence-corrected chi connectivity index (χ4v) is 4.16. The number of anilines is 1. The molecule has 0 bridgehead atoms. The molecule has 90 valence electrons. The maximum atomic E-state index is 4.59. The van der Waals surface area contributed by atoms with E-state index in [-0.39, 0.29) is 0 Å². The van der Waals surface area contributed by atoms with Crippen LogP contribution in [0.5, 0.6) is 0 Å². The smallest absolute Gasteiger partial charge is 0.183 e. The van der Waals surface area contributed by atoms with Gasteiger partial charge >= 0.3 is 0 Å². The van der Waals surface area contributed by atoms with E-state index in [2.05, 4.69) is 34.1 Å². The molecule has 0 saturated carbocycles. The minimum atomic E-state index is 0.473. The van der Waals surface area contributed by atoms with Crippen molar-refractivity contribution in [2.45, 2.75) is 38.6 Å². The van der Waals surface area contributed by atoms with Gasteiger partial charge in [0.05, 0.1) is 11.7 Å². The fraction of sp³-hybridized carbons (Fsp3) is 0.462. The van der Waals surface area contributed by atoms with Crippen molar-refractivity contribution in [3.63, 3.8) is 0 Å². The van der Waals surface area contributed by atoms with Gasteiger partial charge in [-0.05, 0) is 42.7 Å². The van der Waals surface area contributed by atoms with Gasteiger partial charge in [-0.2, -0.15) is 0 Å². The molecule has 1 unspecified atom stereocenters. The van der Waals surface area contributed by atoms with Gasteiger partial charge in [-0.15, -0.1) is 22.7 Å². The number of hydrogen-bond donors (Lipinski definition) is 1. The van der Waals surface area contributed by atoms with Gasteiger partial charge in [0.15, 0.2) is 5.13 Å². The van der Waals surface area contributed by atoms with Crippen molar-refractivity contribution in [2.75, 3.05) is 5.32 Å². The number of thiophene rings is 1. The third kappa shape index (κ3) is 2.24. The highest BCUT2D eigenvalue weighted by Crippen LogP contribution is 2.35. The van der Waals surface area contributed by atoms with E-state index in [0.717, 1.165) is 11.6 Å². The van der Waals surface area contributed by atoms with E-state index < -0.39 is 0 Å². The van der Waals surface area contributed by atoms with Gasteiger partial charge in [0.2, 0.25) is 0 Å². The number of rotatable bonds is 3. The summed E-state index contributed by atoms with van der Waals surface area (Å²) in [5.41, 5.74) is 2.69. The Bertz CT molecular complexity index is 501. The number of hydrogen-bond acceptors (Lipinski definition) is 4. The molecular weight excluding hydrogens is 248 g/mol. The first-order valence-electron chi connectivity index (χ1n) is 6.14. The van der Waals surface area contributed by atoms with E-state index in [9.17, 15) is 0 Å². The Morgan fingerprint density at radius 1 is 1.47 bits per heavy atom. The highest BCUT2D eigenvalue weighted by molar-refractivity contribution is 7.13. The molecule has 3 rings (SSSR count). The topological polar surface area (TPSA) is 24.9 Å². The van der Waals surface area contributed by atoms with E-state index in [1.807, 2.05) is 11.3 Å². The van der Waals surface area contributed by atoms with E-state index in [0.29, 0.717) is 6.04 Å². The van der Waals surface area contributed by atoms with E-state index in [4.69, 9.17) is 0 Å². The van der Waals surface area contributed by atoms with Gasteiger partial charge in [-0.1, -0.05) is 6.92 Å². The number of aromatic nitrogens is 1. The first-order chi connectivity index (χ1) is 8.36. The lowest BCUT2D eigenvalue weighted by atomic mass is 9.94. The van der Waals surface area contributed by atoms with Crippen LogP contribution in [0.3, 0.4) is 0 Å². The molecule has 2 nitrogen and oxygen atoms in total. The van der Waals surface area contributed by atoms with E-state index in [1.165, 1.54) is 30.5 Å². The van der Waals surface area contributed by atoms with Crippen molar-refractivity contribution in [3.05, 3.63) is 33.0 Å². The Balaban J connectivity index is 1.78. The van der Waals surface area contributed by atoms with Crippen LogP contribution < -0.4 is 5.32 Å². The lowest BCUT2D eigenvalue weighted by Gasteiger charge is -2.23. The first kappa shape index (κ1) is 11.2. The minimum Gasteiger partial charge on any atom is -0.355 e. The first-order valence-corrected chi connectivity index (χ1v) is 7.90. The van der Waals surface area contributed by atoms with Gasteiger partial charge in [0.25, 0.3) is 0 Å². The van der Waals surface area contributed by atoms with E-state index >= 15 is 0 Å². The molecule has 0 fully saturated rings. The summed E-state index contributed by atoms with van der Waals surface area (Å²) in [5, 5.41) is 9.03. The predicted octanol–water partition coefficient (Wildman–Crippen LogP) is 4.26. The lowest BCUT2D eigenvalue weighted by molar-refractivity contribution is 0.608. The second-order valence-corrected chi connectivity index (χ2v) is 6.24. The Kier molecular flexibility index (Phi) is 3.16. The fourth-order valence-electron chi connectivity index (χ4n) is 2.32. The molecule has 1 aliphatic rings. The van der Waals surface area contributed by atoms with Crippen LogP contribution in [0.2, 0.25) is 0 Å². The molecule has 2 aromatic rings. The van der Waals surface area contributed by atoms with Gasteiger partial charge in [0.1, 0.15) is 0 Å². The zero-order valence-corrected chi connectivity index (χ0v) is 11.5. The Labute approximate surface area is 110 Å². The van der Waals surface area contributed by atoms with Crippen molar-refractivity contribution in [2.24, 2.45) is 0 Å². The monoisotopic (exact) mass is 264 g/mol. The molecule has 1 aliphatic carbocycles. The highest BCUT2D eigenvalue weighted by Gasteiger charge is 2.21. The van der Waals surface area contributed by atoms with Crippen LogP contribution in [0.4, 0.5) is 5.13 Å². The van der Waals surface area contributed by atoms with Crippen LogP contribution in [0.15, 0.2) is 16.8 Å². The number of nitrogens with one attached hydrogen (secondary N) is 1. The van der Waals surface area contributed by atoms with Crippen LogP contribution in [0.1, 0.15) is 41.9 Å². The maximum absolute atomic E-state index is 4.59. The third-order valence-electron chi connectivity index (χ3n) is 3.26. The van der Waals surface area contributed by atoms with Crippen LogP contribution in [-0.2, 0) is 12.8 Å².